The molecule has 0 amide bonds. The Balaban J connectivity index is 2.03. The standard InChI is InChI=1S/C18H27NO/c1-4-15-8-10-17(11-9-15)18(20)14(3)19-12-6-7-16(5-2)13-19/h8-11,14,16H,4-7,12-13H2,1-3H3. The van der Waals surface area contributed by atoms with Crippen molar-refractivity contribution in [1.82, 2.24) is 4.90 Å². The van der Waals surface area contributed by atoms with Crippen molar-refractivity contribution in [1.29, 1.82) is 0 Å². The molecule has 2 rings (SSSR count). The summed E-state index contributed by atoms with van der Waals surface area (Å²) in [5, 5.41) is 0. The first kappa shape index (κ1) is 15.2. The second-order valence-electron chi connectivity index (χ2n) is 6.00. The van der Waals surface area contributed by atoms with Crippen molar-refractivity contribution < 1.29 is 4.79 Å². The van der Waals surface area contributed by atoms with Crippen LogP contribution in [0.2, 0.25) is 0 Å². The van der Waals surface area contributed by atoms with Gasteiger partial charge in [-0.2, -0.15) is 0 Å². The van der Waals surface area contributed by atoms with E-state index in [1.54, 1.807) is 0 Å². The molecule has 1 heterocycles. The van der Waals surface area contributed by atoms with Crippen LogP contribution in [0.1, 0.15) is 56.0 Å². The Morgan fingerprint density at radius 1 is 1.30 bits per heavy atom. The van der Waals surface area contributed by atoms with Gasteiger partial charge in [0.25, 0.3) is 0 Å². The van der Waals surface area contributed by atoms with E-state index in [9.17, 15) is 4.79 Å². The van der Waals surface area contributed by atoms with Crippen LogP contribution in [0.25, 0.3) is 0 Å². The van der Waals surface area contributed by atoms with Crippen LogP contribution >= 0.6 is 0 Å². The SMILES string of the molecule is CCc1ccc(C(=O)C(C)N2CCCC(CC)C2)cc1. The van der Waals surface area contributed by atoms with Gasteiger partial charge in [-0.05, 0) is 44.2 Å². The minimum absolute atomic E-state index is 0.0110. The Bertz CT molecular complexity index is 437. The molecule has 0 saturated carbocycles. The first-order chi connectivity index (χ1) is 9.65. The number of aryl methyl sites for hydroxylation is 1. The van der Waals surface area contributed by atoms with Gasteiger partial charge in [0.15, 0.2) is 5.78 Å². The van der Waals surface area contributed by atoms with E-state index in [2.05, 4.69) is 37.8 Å². The molecule has 1 saturated heterocycles. The predicted molar refractivity (Wildman–Crippen MR) is 84.2 cm³/mol. The van der Waals surface area contributed by atoms with Crippen molar-refractivity contribution in [2.45, 2.75) is 52.5 Å². The number of piperidine rings is 1. The molecule has 1 aromatic rings. The highest BCUT2D eigenvalue weighted by Crippen LogP contribution is 2.22. The lowest BCUT2D eigenvalue weighted by atomic mass is 9.93. The van der Waals surface area contributed by atoms with Crippen LogP contribution in [0.4, 0.5) is 0 Å². The average molecular weight is 273 g/mol. The number of carbonyl (C=O) groups excluding carboxylic acids is 1. The van der Waals surface area contributed by atoms with Crippen molar-refractivity contribution in [3.05, 3.63) is 35.4 Å². The van der Waals surface area contributed by atoms with Crippen molar-refractivity contribution >= 4 is 5.78 Å². The molecular formula is C18H27NO. The fourth-order valence-electron chi connectivity index (χ4n) is 3.09. The molecule has 0 spiro atoms. The van der Waals surface area contributed by atoms with E-state index in [1.165, 1.54) is 24.8 Å². The number of likely N-dealkylation sites (tertiary alicyclic amines) is 1. The normalized spacial score (nSPS) is 21.6. The third kappa shape index (κ3) is 3.49. The van der Waals surface area contributed by atoms with Crippen LogP contribution in [0.3, 0.4) is 0 Å². The van der Waals surface area contributed by atoms with E-state index in [1.807, 2.05) is 12.1 Å². The van der Waals surface area contributed by atoms with E-state index in [-0.39, 0.29) is 11.8 Å². The molecule has 1 aliphatic rings. The van der Waals surface area contributed by atoms with Gasteiger partial charge >= 0.3 is 0 Å². The third-order valence-electron chi connectivity index (χ3n) is 4.70. The smallest absolute Gasteiger partial charge is 0.179 e. The van der Waals surface area contributed by atoms with Crippen LogP contribution in [-0.2, 0) is 6.42 Å². The summed E-state index contributed by atoms with van der Waals surface area (Å²) in [5.41, 5.74) is 2.14. The average Bonchev–Trinajstić information content (AvgIpc) is 2.53. The molecule has 0 bridgehead atoms. The number of ketones is 1. The van der Waals surface area contributed by atoms with Crippen molar-refractivity contribution in [2.24, 2.45) is 5.92 Å². The van der Waals surface area contributed by atoms with Crippen LogP contribution in [0, 0.1) is 5.92 Å². The zero-order chi connectivity index (χ0) is 14.5. The van der Waals surface area contributed by atoms with Gasteiger partial charge < -0.3 is 0 Å². The van der Waals surface area contributed by atoms with Gasteiger partial charge in [0.05, 0.1) is 6.04 Å². The quantitative estimate of drug-likeness (QED) is 0.757. The molecule has 1 fully saturated rings. The summed E-state index contributed by atoms with van der Waals surface area (Å²) in [6, 6.07) is 8.13. The van der Waals surface area contributed by atoms with E-state index in [4.69, 9.17) is 0 Å². The molecule has 0 aliphatic carbocycles. The molecular weight excluding hydrogens is 246 g/mol. The van der Waals surface area contributed by atoms with Crippen LogP contribution in [0.15, 0.2) is 24.3 Å². The molecule has 0 N–H and O–H groups in total. The zero-order valence-corrected chi connectivity index (χ0v) is 13.1. The number of hydrogen-bond donors (Lipinski definition) is 0. The Morgan fingerprint density at radius 2 is 2.00 bits per heavy atom. The maximum Gasteiger partial charge on any atom is 0.179 e. The molecule has 1 aliphatic heterocycles. The van der Waals surface area contributed by atoms with E-state index < -0.39 is 0 Å². The third-order valence-corrected chi connectivity index (χ3v) is 4.70. The number of carbonyl (C=O) groups is 1. The molecule has 110 valence electrons. The van der Waals surface area contributed by atoms with Gasteiger partial charge in [-0.3, -0.25) is 9.69 Å². The van der Waals surface area contributed by atoms with Gasteiger partial charge in [-0.15, -0.1) is 0 Å². The summed E-state index contributed by atoms with van der Waals surface area (Å²) < 4.78 is 0. The molecule has 2 atom stereocenters. The van der Waals surface area contributed by atoms with Gasteiger partial charge in [0, 0.05) is 12.1 Å². The van der Waals surface area contributed by atoms with Gasteiger partial charge in [0.2, 0.25) is 0 Å². The Morgan fingerprint density at radius 3 is 2.60 bits per heavy atom. The number of benzene rings is 1. The highest BCUT2D eigenvalue weighted by atomic mass is 16.1. The zero-order valence-electron chi connectivity index (χ0n) is 13.1. The van der Waals surface area contributed by atoms with Gasteiger partial charge in [-0.1, -0.05) is 44.5 Å². The Kier molecular flexibility index (Phi) is 5.36. The van der Waals surface area contributed by atoms with Gasteiger partial charge in [0.1, 0.15) is 0 Å². The summed E-state index contributed by atoms with van der Waals surface area (Å²) in [7, 11) is 0. The topological polar surface area (TPSA) is 20.3 Å². The fourth-order valence-corrected chi connectivity index (χ4v) is 3.09. The van der Waals surface area contributed by atoms with Crippen LogP contribution < -0.4 is 0 Å². The molecule has 0 radical (unpaired) electrons. The van der Waals surface area contributed by atoms with Crippen LogP contribution in [-0.4, -0.2) is 29.8 Å². The monoisotopic (exact) mass is 273 g/mol. The van der Waals surface area contributed by atoms with Crippen molar-refractivity contribution in [2.75, 3.05) is 13.1 Å². The summed E-state index contributed by atoms with van der Waals surface area (Å²) in [6.45, 7) is 8.60. The number of Topliss-reactive ketones (excluding diaryl/α,β-unsaturated/α-hetero) is 1. The maximum atomic E-state index is 12.6. The minimum atomic E-state index is 0.0110. The van der Waals surface area contributed by atoms with E-state index in [0.717, 1.165) is 31.0 Å². The number of nitrogens with zero attached hydrogens (tertiary/aromatic N) is 1. The first-order valence-corrected chi connectivity index (χ1v) is 8.02. The Labute approximate surface area is 123 Å². The molecule has 20 heavy (non-hydrogen) atoms. The second-order valence-corrected chi connectivity index (χ2v) is 6.00. The Hall–Kier alpha value is -1.15. The molecule has 2 nitrogen and oxygen atoms in total. The summed E-state index contributed by atoms with van der Waals surface area (Å²) in [4.78, 5) is 15.0. The van der Waals surface area contributed by atoms with Crippen LogP contribution in [0.5, 0.6) is 0 Å². The predicted octanol–water partition coefficient (Wildman–Crippen LogP) is 3.94. The molecule has 2 heteroatoms. The highest BCUT2D eigenvalue weighted by molar-refractivity contribution is 5.99. The molecule has 0 aromatic heterocycles. The minimum Gasteiger partial charge on any atom is -0.293 e. The second kappa shape index (κ2) is 7.03. The van der Waals surface area contributed by atoms with Gasteiger partial charge in [-0.25, -0.2) is 0 Å². The van der Waals surface area contributed by atoms with E-state index >= 15 is 0 Å². The lowest BCUT2D eigenvalue weighted by Gasteiger charge is -2.35. The molecule has 1 aromatic carbocycles. The first-order valence-electron chi connectivity index (χ1n) is 8.02. The summed E-state index contributed by atoms with van der Waals surface area (Å²) in [5.74, 6) is 1.03. The molecule has 2 unspecified atom stereocenters. The van der Waals surface area contributed by atoms with Crippen molar-refractivity contribution in [3.8, 4) is 0 Å². The largest absolute Gasteiger partial charge is 0.293 e. The fraction of sp³-hybridized carbons (Fsp3) is 0.611. The lowest BCUT2D eigenvalue weighted by Crippen LogP contribution is -2.45. The maximum absolute atomic E-state index is 12.6. The van der Waals surface area contributed by atoms with Crippen molar-refractivity contribution in [3.63, 3.8) is 0 Å². The summed E-state index contributed by atoms with van der Waals surface area (Å²) >= 11 is 0. The number of hydrogen-bond acceptors (Lipinski definition) is 2. The van der Waals surface area contributed by atoms with E-state index in [0.29, 0.717) is 0 Å². The number of rotatable bonds is 5. The lowest BCUT2D eigenvalue weighted by molar-refractivity contribution is 0.0749. The summed E-state index contributed by atoms with van der Waals surface area (Å²) in [6.07, 6.45) is 4.79. The highest BCUT2D eigenvalue weighted by Gasteiger charge is 2.27.